The number of aromatic nitrogens is 2. The van der Waals surface area contributed by atoms with Gasteiger partial charge in [0.1, 0.15) is 0 Å². The molecule has 10 heteroatoms. The molecule has 1 aromatic heterocycles. The molecule has 2 amide bonds. The maximum Gasteiger partial charge on any atom is 0.394 e. The molecule has 0 saturated carbocycles. The van der Waals surface area contributed by atoms with E-state index in [-0.39, 0.29) is 0 Å². The van der Waals surface area contributed by atoms with E-state index in [9.17, 15) is 22.8 Å². The van der Waals surface area contributed by atoms with Gasteiger partial charge in [-0.3, -0.25) is 9.48 Å². The van der Waals surface area contributed by atoms with Crippen LogP contribution in [0.15, 0.2) is 12.4 Å². The Morgan fingerprint density at radius 3 is 2.58 bits per heavy atom. The van der Waals surface area contributed by atoms with Crippen LogP contribution in [-0.4, -0.2) is 51.1 Å². The smallest absolute Gasteiger partial charge is 0.394 e. The zero-order chi connectivity index (χ0) is 18.1. The molecule has 0 aliphatic carbocycles. The van der Waals surface area contributed by atoms with Gasteiger partial charge in [-0.05, 0) is 5.92 Å². The Bertz CT molecular complexity index is 615. The molecule has 0 bridgehead atoms. The summed E-state index contributed by atoms with van der Waals surface area (Å²) in [7, 11) is 0. The SMILES string of the molecule is CC(C)Cn1cc(NC(=O)N2C[C@@H](C(F)(F)F)[C@H](C(=O)O)C2)cn1. The summed E-state index contributed by atoms with van der Waals surface area (Å²) in [5.41, 5.74) is 0.350. The van der Waals surface area contributed by atoms with E-state index in [4.69, 9.17) is 5.11 Å². The molecule has 0 aromatic carbocycles. The normalized spacial score (nSPS) is 21.3. The number of hydrogen-bond donors (Lipinski definition) is 2. The van der Waals surface area contributed by atoms with Gasteiger partial charge in [0.25, 0.3) is 0 Å². The highest BCUT2D eigenvalue weighted by Crippen LogP contribution is 2.37. The van der Waals surface area contributed by atoms with Crippen LogP contribution in [0.2, 0.25) is 0 Å². The standard InChI is InChI=1S/C14H19F3N4O3/c1-8(2)4-21-5-9(3-18-21)19-13(24)20-6-10(12(22)23)11(7-20)14(15,16)17/h3,5,8,10-11H,4,6-7H2,1-2H3,(H,19,24)(H,22,23)/t10-,11-/m1/s1. The first-order chi connectivity index (χ1) is 11.1. The average molecular weight is 348 g/mol. The summed E-state index contributed by atoms with van der Waals surface area (Å²) in [6.07, 6.45) is -1.70. The lowest BCUT2D eigenvalue weighted by molar-refractivity contribution is -0.187. The van der Waals surface area contributed by atoms with E-state index in [0.717, 1.165) is 4.90 Å². The van der Waals surface area contributed by atoms with Crippen LogP contribution in [0.1, 0.15) is 13.8 Å². The van der Waals surface area contributed by atoms with E-state index in [1.807, 2.05) is 13.8 Å². The van der Waals surface area contributed by atoms with E-state index >= 15 is 0 Å². The predicted octanol–water partition coefficient (Wildman–Crippen LogP) is 2.27. The lowest BCUT2D eigenvalue weighted by Crippen LogP contribution is -2.35. The fourth-order valence-corrected chi connectivity index (χ4v) is 2.66. The maximum absolute atomic E-state index is 12.9. The molecule has 1 saturated heterocycles. The molecule has 0 radical (unpaired) electrons. The molecular weight excluding hydrogens is 329 g/mol. The van der Waals surface area contributed by atoms with E-state index in [1.54, 1.807) is 10.9 Å². The molecule has 1 fully saturated rings. The monoisotopic (exact) mass is 348 g/mol. The van der Waals surface area contributed by atoms with Gasteiger partial charge in [-0.2, -0.15) is 18.3 Å². The van der Waals surface area contributed by atoms with Gasteiger partial charge in [-0.25, -0.2) is 4.79 Å². The number of anilines is 1. The Hall–Kier alpha value is -2.26. The second-order valence-corrected chi connectivity index (χ2v) is 6.27. The number of urea groups is 1. The van der Waals surface area contributed by atoms with Crippen LogP contribution in [0.4, 0.5) is 23.7 Å². The van der Waals surface area contributed by atoms with Crippen molar-refractivity contribution in [1.82, 2.24) is 14.7 Å². The van der Waals surface area contributed by atoms with Crippen molar-refractivity contribution in [2.75, 3.05) is 18.4 Å². The van der Waals surface area contributed by atoms with Crippen molar-refractivity contribution in [1.29, 1.82) is 0 Å². The molecule has 2 rings (SSSR count). The number of carbonyl (C=O) groups excluding carboxylic acids is 1. The number of carboxylic acid groups (broad SMARTS) is 1. The predicted molar refractivity (Wildman–Crippen MR) is 78.3 cm³/mol. The van der Waals surface area contributed by atoms with Crippen LogP contribution in [-0.2, 0) is 11.3 Å². The number of nitrogens with zero attached hydrogens (tertiary/aromatic N) is 3. The van der Waals surface area contributed by atoms with Gasteiger partial charge in [0.15, 0.2) is 0 Å². The number of carbonyl (C=O) groups is 2. The number of halogens is 3. The topological polar surface area (TPSA) is 87.5 Å². The molecule has 24 heavy (non-hydrogen) atoms. The third kappa shape index (κ3) is 4.18. The number of aliphatic carboxylic acids is 1. The van der Waals surface area contributed by atoms with Crippen molar-refractivity contribution in [2.45, 2.75) is 26.6 Å². The van der Waals surface area contributed by atoms with Crippen molar-refractivity contribution < 1.29 is 27.9 Å². The van der Waals surface area contributed by atoms with Crippen LogP contribution < -0.4 is 5.32 Å². The van der Waals surface area contributed by atoms with E-state index < -0.39 is 43.1 Å². The minimum absolute atomic E-state index is 0.343. The number of hydrogen-bond acceptors (Lipinski definition) is 3. The zero-order valence-electron chi connectivity index (χ0n) is 13.2. The quantitative estimate of drug-likeness (QED) is 0.874. The molecule has 1 aliphatic heterocycles. The number of likely N-dealkylation sites (tertiary alicyclic amines) is 1. The van der Waals surface area contributed by atoms with Crippen LogP contribution >= 0.6 is 0 Å². The molecule has 0 spiro atoms. The van der Waals surface area contributed by atoms with Gasteiger partial charge >= 0.3 is 18.2 Å². The van der Waals surface area contributed by atoms with E-state index in [0.29, 0.717) is 18.2 Å². The van der Waals surface area contributed by atoms with Crippen LogP contribution in [0.5, 0.6) is 0 Å². The van der Waals surface area contributed by atoms with Gasteiger partial charge in [-0.15, -0.1) is 0 Å². The Balaban J connectivity index is 2.02. The minimum atomic E-state index is -4.67. The third-order valence-electron chi connectivity index (χ3n) is 3.78. The second-order valence-electron chi connectivity index (χ2n) is 6.27. The van der Waals surface area contributed by atoms with Gasteiger partial charge < -0.3 is 15.3 Å². The van der Waals surface area contributed by atoms with Crippen LogP contribution in [0.3, 0.4) is 0 Å². The highest BCUT2D eigenvalue weighted by Gasteiger charge is 2.53. The summed E-state index contributed by atoms with van der Waals surface area (Å²) < 4.78 is 40.4. The molecule has 2 atom stereocenters. The molecular formula is C14H19F3N4O3. The van der Waals surface area contributed by atoms with E-state index in [2.05, 4.69) is 10.4 Å². The molecule has 7 nitrogen and oxygen atoms in total. The lowest BCUT2D eigenvalue weighted by Gasteiger charge is -2.18. The van der Waals surface area contributed by atoms with Crippen LogP contribution in [0, 0.1) is 17.8 Å². The Morgan fingerprint density at radius 1 is 1.42 bits per heavy atom. The van der Waals surface area contributed by atoms with Crippen molar-refractivity contribution in [2.24, 2.45) is 17.8 Å². The zero-order valence-corrected chi connectivity index (χ0v) is 13.2. The Labute approximate surface area is 136 Å². The molecule has 1 aliphatic rings. The van der Waals surface area contributed by atoms with Gasteiger partial charge in [0.05, 0.1) is 23.7 Å². The number of nitrogens with one attached hydrogen (secondary N) is 1. The summed E-state index contributed by atoms with van der Waals surface area (Å²) in [5, 5.41) is 15.4. The van der Waals surface area contributed by atoms with Crippen molar-refractivity contribution >= 4 is 17.7 Å². The summed E-state index contributed by atoms with van der Waals surface area (Å²) in [4.78, 5) is 24.0. The fraction of sp³-hybridized carbons (Fsp3) is 0.643. The molecule has 1 aromatic rings. The maximum atomic E-state index is 12.9. The summed E-state index contributed by atoms with van der Waals surface area (Å²) >= 11 is 0. The summed E-state index contributed by atoms with van der Waals surface area (Å²) in [6.45, 7) is 3.47. The fourth-order valence-electron chi connectivity index (χ4n) is 2.66. The minimum Gasteiger partial charge on any atom is -0.481 e. The first-order valence-electron chi connectivity index (χ1n) is 7.45. The van der Waals surface area contributed by atoms with Crippen molar-refractivity contribution in [3.8, 4) is 0 Å². The largest absolute Gasteiger partial charge is 0.481 e. The Kier molecular flexibility index (Phi) is 5.05. The van der Waals surface area contributed by atoms with Gasteiger partial charge in [0.2, 0.25) is 0 Å². The first kappa shape index (κ1) is 18.1. The number of amides is 2. The van der Waals surface area contributed by atoms with Gasteiger partial charge in [0, 0.05) is 25.8 Å². The van der Waals surface area contributed by atoms with Crippen molar-refractivity contribution in [3.63, 3.8) is 0 Å². The third-order valence-corrected chi connectivity index (χ3v) is 3.78. The molecule has 2 N–H and O–H groups in total. The number of carboxylic acids is 1. The van der Waals surface area contributed by atoms with Crippen LogP contribution in [0.25, 0.3) is 0 Å². The van der Waals surface area contributed by atoms with Gasteiger partial charge in [-0.1, -0.05) is 13.8 Å². The first-order valence-corrected chi connectivity index (χ1v) is 7.45. The number of rotatable bonds is 4. The van der Waals surface area contributed by atoms with E-state index in [1.165, 1.54) is 6.20 Å². The lowest BCUT2D eigenvalue weighted by atomic mass is 9.96. The molecule has 2 heterocycles. The number of alkyl halides is 3. The second kappa shape index (κ2) is 6.70. The Morgan fingerprint density at radius 2 is 2.08 bits per heavy atom. The molecule has 134 valence electrons. The average Bonchev–Trinajstić information content (AvgIpc) is 3.04. The molecule has 0 unspecified atom stereocenters. The van der Waals surface area contributed by atoms with Crippen molar-refractivity contribution in [3.05, 3.63) is 12.4 Å². The summed E-state index contributed by atoms with van der Waals surface area (Å²) in [6, 6.07) is -0.767. The highest BCUT2D eigenvalue weighted by molar-refractivity contribution is 5.89. The summed E-state index contributed by atoms with van der Waals surface area (Å²) in [5.74, 6) is -4.93. The highest BCUT2D eigenvalue weighted by atomic mass is 19.4.